The highest BCUT2D eigenvalue weighted by Crippen LogP contribution is 2.21. The minimum Gasteiger partial charge on any atom is -0.357 e. The maximum absolute atomic E-state index is 11.1. The maximum atomic E-state index is 11.1. The van der Waals surface area contributed by atoms with Gasteiger partial charge >= 0.3 is 0 Å². The smallest absolute Gasteiger partial charge is 0.155 e. The van der Waals surface area contributed by atoms with Crippen molar-refractivity contribution in [2.75, 3.05) is 18.0 Å². The van der Waals surface area contributed by atoms with E-state index in [-0.39, 0.29) is 0 Å². The van der Waals surface area contributed by atoms with Gasteiger partial charge in [0.05, 0.1) is 11.3 Å². The van der Waals surface area contributed by atoms with E-state index in [4.69, 9.17) is 0 Å². The highest BCUT2D eigenvalue weighted by Gasteiger charge is 2.17. The summed E-state index contributed by atoms with van der Waals surface area (Å²) in [5, 5.41) is 4.30. The zero-order chi connectivity index (χ0) is 12.1. The van der Waals surface area contributed by atoms with Crippen molar-refractivity contribution in [1.29, 1.82) is 0 Å². The molecule has 1 heterocycles. The SMILES string of the molecule is CCCCN(CC)c1c(C=O)c(C)nn1C. The lowest BCUT2D eigenvalue weighted by molar-refractivity contribution is 0.112. The molecule has 0 aliphatic heterocycles. The zero-order valence-electron chi connectivity index (χ0n) is 10.7. The van der Waals surface area contributed by atoms with E-state index in [0.717, 1.165) is 49.3 Å². The Morgan fingerprint density at radius 2 is 2.12 bits per heavy atom. The highest BCUT2D eigenvalue weighted by molar-refractivity contribution is 5.84. The first-order valence-electron chi connectivity index (χ1n) is 5.89. The first kappa shape index (κ1) is 12.7. The molecule has 0 saturated heterocycles. The second-order valence-electron chi connectivity index (χ2n) is 4.00. The van der Waals surface area contributed by atoms with Crippen LogP contribution in [0.15, 0.2) is 0 Å². The van der Waals surface area contributed by atoms with E-state index in [0.29, 0.717) is 0 Å². The van der Waals surface area contributed by atoms with E-state index in [1.165, 1.54) is 0 Å². The number of aromatic nitrogens is 2. The Morgan fingerprint density at radius 3 is 2.62 bits per heavy atom. The summed E-state index contributed by atoms with van der Waals surface area (Å²) in [5.41, 5.74) is 1.53. The van der Waals surface area contributed by atoms with Gasteiger partial charge in [0.2, 0.25) is 0 Å². The van der Waals surface area contributed by atoms with Crippen LogP contribution in [0.2, 0.25) is 0 Å². The molecule has 0 aromatic carbocycles. The Hall–Kier alpha value is -1.32. The zero-order valence-corrected chi connectivity index (χ0v) is 10.7. The molecule has 0 amide bonds. The van der Waals surface area contributed by atoms with Crippen molar-refractivity contribution < 1.29 is 4.79 Å². The van der Waals surface area contributed by atoms with E-state index in [1.54, 1.807) is 4.68 Å². The van der Waals surface area contributed by atoms with Crippen LogP contribution in [0.3, 0.4) is 0 Å². The highest BCUT2D eigenvalue weighted by atomic mass is 16.1. The lowest BCUT2D eigenvalue weighted by Gasteiger charge is -2.23. The maximum Gasteiger partial charge on any atom is 0.155 e. The molecule has 0 radical (unpaired) electrons. The Bertz CT molecular complexity index is 357. The number of aldehydes is 1. The van der Waals surface area contributed by atoms with Gasteiger partial charge in [-0.25, -0.2) is 0 Å². The quantitative estimate of drug-likeness (QED) is 0.694. The van der Waals surface area contributed by atoms with Crippen LogP contribution >= 0.6 is 0 Å². The minimum atomic E-state index is 0.723. The molecule has 1 aromatic heterocycles. The van der Waals surface area contributed by atoms with Gasteiger partial charge in [-0.15, -0.1) is 0 Å². The first-order chi connectivity index (χ1) is 7.65. The van der Waals surface area contributed by atoms with Crippen LogP contribution in [0.25, 0.3) is 0 Å². The number of carbonyl (C=O) groups is 1. The fraction of sp³-hybridized carbons (Fsp3) is 0.667. The van der Waals surface area contributed by atoms with Gasteiger partial charge in [0.1, 0.15) is 5.82 Å². The number of carbonyl (C=O) groups excluding carboxylic acids is 1. The van der Waals surface area contributed by atoms with Crippen molar-refractivity contribution in [3.8, 4) is 0 Å². The topological polar surface area (TPSA) is 38.1 Å². The lowest BCUT2D eigenvalue weighted by atomic mass is 10.2. The molecule has 0 fully saturated rings. The van der Waals surface area contributed by atoms with Gasteiger partial charge in [-0.1, -0.05) is 13.3 Å². The van der Waals surface area contributed by atoms with E-state index < -0.39 is 0 Å². The van der Waals surface area contributed by atoms with E-state index in [9.17, 15) is 4.79 Å². The third-order valence-electron chi connectivity index (χ3n) is 2.82. The van der Waals surface area contributed by atoms with Crippen molar-refractivity contribution in [3.63, 3.8) is 0 Å². The van der Waals surface area contributed by atoms with Crippen LogP contribution in [0.1, 0.15) is 42.7 Å². The summed E-state index contributed by atoms with van der Waals surface area (Å²) >= 11 is 0. The average Bonchev–Trinajstić information content (AvgIpc) is 2.55. The number of hydrogen-bond acceptors (Lipinski definition) is 3. The fourth-order valence-corrected chi connectivity index (χ4v) is 1.94. The Balaban J connectivity index is 3.03. The molecule has 0 aliphatic carbocycles. The van der Waals surface area contributed by atoms with Gasteiger partial charge in [-0.05, 0) is 20.3 Å². The van der Waals surface area contributed by atoms with Crippen molar-refractivity contribution in [2.24, 2.45) is 7.05 Å². The first-order valence-corrected chi connectivity index (χ1v) is 5.89. The van der Waals surface area contributed by atoms with Crippen LogP contribution in [-0.2, 0) is 7.05 Å². The van der Waals surface area contributed by atoms with Crippen LogP contribution in [-0.4, -0.2) is 29.2 Å². The molecule has 4 heteroatoms. The van der Waals surface area contributed by atoms with Crippen LogP contribution < -0.4 is 4.90 Å². The number of unbranched alkanes of at least 4 members (excludes halogenated alkanes) is 1. The molecule has 16 heavy (non-hydrogen) atoms. The predicted molar refractivity (Wildman–Crippen MR) is 66.1 cm³/mol. The van der Waals surface area contributed by atoms with Gasteiger partial charge < -0.3 is 4.90 Å². The molecule has 0 bridgehead atoms. The number of rotatable bonds is 6. The molecule has 0 spiro atoms. The minimum absolute atomic E-state index is 0.723. The van der Waals surface area contributed by atoms with E-state index >= 15 is 0 Å². The summed E-state index contributed by atoms with van der Waals surface area (Å²) in [4.78, 5) is 13.3. The number of anilines is 1. The van der Waals surface area contributed by atoms with Crippen molar-refractivity contribution >= 4 is 12.1 Å². The normalized spacial score (nSPS) is 10.5. The van der Waals surface area contributed by atoms with Gasteiger partial charge in [-0.3, -0.25) is 9.48 Å². The summed E-state index contributed by atoms with van der Waals surface area (Å²) < 4.78 is 1.80. The summed E-state index contributed by atoms with van der Waals surface area (Å²) in [6.07, 6.45) is 3.20. The molecule has 1 rings (SSSR count). The van der Waals surface area contributed by atoms with Gasteiger partial charge in [-0.2, -0.15) is 5.10 Å². The summed E-state index contributed by atoms with van der Waals surface area (Å²) in [6.45, 7) is 8.03. The lowest BCUT2D eigenvalue weighted by Crippen LogP contribution is -2.27. The van der Waals surface area contributed by atoms with Gasteiger partial charge in [0, 0.05) is 20.1 Å². The summed E-state index contributed by atoms with van der Waals surface area (Å²) in [6, 6.07) is 0. The average molecular weight is 223 g/mol. The van der Waals surface area contributed by atoms with E-state index in [2.05, 4.69) is 23.8 Å². The van der Waals surface area contributed by atoms with Crippen LogP contribution in [0.4, 0.5) is 5.82 Å². The molecule has 0 unspecified atom stereocenters. The van der Waals surface area contributed by atoms with Crippen LogP contribution in [0.5, 0.6) is 0 Å². The molecule has 1 aromatic rings. The molecule has 90 valence electrons. The number of nitrogens with zero attached hydrogens (tertiary/aromatic N) is 3. The third-order valence-corrected chi connectivity index (χ3v) is 2.82. The van der Waals surface area contributed by atoms with Crippen molar-refractivity contribution in [1.82, 2.24) is 9.78 Å². The second-order valence-corrected chi connectivity index (χ2v) is 4.00. The predicted octanol–water partition coefficient (Wildman–Crippen LogP) is 2.17. The number of aryl methyl sites for hydroxylation is 2. The van der Waals surface area contributed by atoms with Crippen molar-refractivity contribution in [2.45, 2.75) is 33.6 Å². The summed E-state index contributed by atoms with van der Waals surface area (Å²) in [7, 11) is 1.89. The second kappa shape index (κ2) is 5.68. The summed E-state index contributed by atoms with van der Waals surface area (Å²) in [5.74, 6) is 0.948. The Labute approximate surface area is 97.2 Å². The number of hydrogen-bond donors (Lipinski definition) is 0. The monoisotopic (exact) mass is 223 g/mol. The van der Waals surface area contributed by atoms with Crippen molar-refractivity contribution in [3.05, 3.63) is 11.3 Å². The molecule has 0 atom stereocenters. The van der Waals surface area contributed by atoms with Crippen LogP contribution in [0, 0.1) is 6.92 Å². The van der Waals surface area contributed by atoms with Gasteiger partial charge in [0.15, 0.2) is 6.29 Å². The molecule has 0 saturated carbocycles. The largest absolute Gasteiger partial charge is 0.357 e. The van der Waals surface area contributed by atoms with E-state index in [1.807, 2.05) is 14.0 Å². The Kier molecular flexibility index (Phi) is 4.52. The molecular formula is C12H21N3O. The molecule has 4 nitrogen and oxygen atoms in total. The molecule has 0 N–H and O–H groups in total. The Morgan fingerprint density at radius 1 is 1.44 bits per heavy atom. The van der Waals surface area contributed by atoms with Gasteiger partial charge in [0.25, 0.3) is 0 Å². The molecule has 0 aliphatic rings. The third kappa shape index (κ3) is 2.43. The molecular weight excluding hydrogens is 202 g/mol. The fourth-order valence-electron chi connectivity index (χ4n) is 1.94. The standard InChI is InChI=1S/C12H21N3O/c1-5-7-8-15(6-2)12-11(9-16)10(3)13-14(12)4/h9H,5-8H2,1-4H3.